The van der Waals surface area contributed by atoms with Gasteiger partial charge < -0.3 is 15.2 Å². The van der Waals surface area contributed by atoms with Crippen molar-refractivity contribution in [2.45, 2.75) is 19.9 Å². The summed E-state index contributed by atoms with van der Waals surface area (Å²) >= 11 is 0. The van der Waals surface area contributed by atoms with Crippen molar-refractivity contribution in [2.75, 3.05) is 6.61 Å². The fraction of sp³-hybridized carbons (Fsp3) is 0.235. The summed E-state index contributed by atoms with van der Waals surface area (Å²) in [7, 11) is 0. The maximum atomic E-state index is 12.2. The molecule has 126 valence electrons. The van der Waals surface area contributed by atoms with E-state index in [0.29, 0.717) is 6.61 Å². The minimum atomic E-state index is -0.709. The lowest BCUT2D eigenvalue weighted by Crippen LogP contribution is -2.26. The number of phenols is 1. The van der Waals surface area contributed by atoms with Crippen molar-refractivity contribution in [3.05, 3.63) is 63.7 Å². The van der Waals surface area contributed by atoms with E-state index in [4.69, 9.17) is 4.74 Å². The van der Waals surface area contributed by atoms with Crippen molar-refractivity contribution in [1.29, 1.82) is 0 Å². The number of phenolic OH excluding ortho intramolecular Hbond substituents is 1. The molecule has 2 aromatic rings. The van der Waals surface area contributed by atoms with Gasteiger partial charge in [-0.2, -0.15) is 0 Å². The molecule has 0 aromatic heterocycles. The Morgan fingerprint density at radius 3 is 2.50 bits per heavy atom. The lowest BCUT2D eigenvalue weighted by Gasteiger charge is -2.15. The van der Waals surface area contributed by atoms with Crippen LogP contribution in [-0.4, -0.2) is 22.5 Å². The summed E-state index contributed by atoms with van der Waals surface area (Å²) in [4.78, 5) is 22.2. The van der Waals surface area contributed by atoms with Crippen LogP contribution in [0, 0.1) is 10.1 Å². The average molecular weight is 330 g/mol. The Morgan fingerprint density at radius 1 is 1.29 bits per heavy atom. The number of nitrogens with one attached hydrogen (secondary N) is 1. The van der Waals surface area contributed by atoms with E-state index in [9.17, 15) is 20.0 Å². The van der Waals surface area contributed by atoms with Crippen LogP contribution in [0.2, 0.25) is 0 Å². The summed E-state index contributed by atoms with van der Waals surface area (Å²) in [5.41, 5.74) is 0.597. The molecule has 2 aromatic carbocycles. The van der Waals surface area contributed by atoms with Gasteiger partial charge in [0.2, 0.25) is 0 Å². The number of rotatable bonds is 6. The zero-order chi connectivity index (χ0) is 17.7. The summed E-state index contributed by atoms with van der Waals surface area (Å²) in [6.45, 7) is 4.30. The van der Waals surface area contributed by atoms with E-state index in [2.05, 4.69) is 5.32 Å². The molecule has 0 aliphatic carbocycles. The van der Waals surface area contributed by atoms with Gasteiger partial charge in [-0.3, -0.25) is 14.9 Å². The number of hydrogen-bond acceptors (Lipinski definition) is 5. The van der Waals surface area contributed by atoms with Gasteiger partial charge in [0.15, 0.2) is 5.75 Å². The Bertz CT molecular complexity index is 743. The zero-order valence-corrected chi connectivity index (χ0v) is 13.4. The number of ether oxygens (including phenoxy) is 1. The molecule has 0 saturated carbocycles. The van der Waals surface area contributed by atoms with Crippen LogP contribution in [0.1, 0.15) is 35.8 Å². The molecule has 1 atom stereocenters. The second kappa shape index (κ2) is 7.45. The molecule has 0 aliphatic rings. The van der Waals surface area contributed by atoms with Crippen molar-refractivity contribution in [3.8, 4) is 11.5 Å². The molecule has 0 saturated heterocycles. The fourth-order valence-electron chi connectivity index (χ4n) is 2.20. The second-order valence-corrected chi connectivity index (χ2v) is 5.16. The van der Waals surface area contributed by atoms with Crippen LogP contribution in [-0.2, 0) is 0 Å². The van der Waals surface area contributed by atoms with Crippen LogP contribution in [0.25, 0.3) is 0 Å². The Hall–Kier alpha value is -3.09. The predicted molar refractivity (Wildman–Crippen MR) is 88.3 cm³/mol. The van der Waals surface area contributed by atoms with Crippen molar-refractivity contribution >= 4 is 11.6 Å². The molecule has 0 radical (unpaired) electrons. The third kappa shape index (κ3) is 4.01. The van der Waals surface area contributed by atoms with Gasteiger partial charge >= 0.3 is 5.69 Å². The smallest absolute Gasteiger partial charge is 0.310 e. The molecular formula is C17H18N2O5. The van der Waals surface area contributed by atoms with E-state index < -0.39 is 22.3 Å². The van der Waals surface area contributed by atoms with E-state index in [0.717, 1.165) is 23.4 Å². The monoisotopic (exact) mass is 330 g/mol. The molecule has 7 nitrogen and oxygen atoms in total. The van der Waals surface area contributed by atoms with Crippen LogP contribution < -0.4 is 10.1 Å². The summed E-state index contributed by atoms with van der Waals surface area (Å²) < 4.78 is 5.36. The molecule has 0 spiro atoms. The average Bonchev–Trinajstić information content (AvgIpc) is 2.55. The molecule has 0 unspecified atom stereocenters. The van der Waals surface area contributed by atoms with E-state index in [-0.39, 0.29) is 11.6 Å². The molecule has 0 bridgehead atoms. The van der Waals surface area contributed by atoms with Crippen LogP contribution in [0.4, 0.5) is 5.69 Å². The standard InChI is InChI=1S/C17H18N2O5/c1-3-24-14-7-4-12(5-8-14)11(2)18-17(21)13-6-9-15(19(22)23)16(20)10-13/h4-11,20H,3H2,1-2H3,(H,18,21)/t11-/m1/s1. The van der Waals surface area contributed by atoms with Gasteiger partial charge in [-0.15, -0.1) is 0 Å². The molecule has 2 N–H and O–H groups in total. The first-order chi connectivity index (χ1) is 11.4. The van der Waals surface area contributed by atoms with Gasteiger partial charge in [-0.05, 0) is 43.7 Å². The zero-order valence-electron chi connectivity index (χ0n) is 13.4. The molecule has 1 amide bonds. The lowest BCUT2D eigenvalue weighted by atomic mass is 10.1. The molecule has 24 heavy (non-hydrogen) atoms. The number of nitro benzene ring substituents is 1. The first-order valence-electron chi connectivity index (χ1n) is 7.43. The second-order valence-electron chi connectivity index (χ2n) is 5.16. The molecule has 0 aliphatic heterocycles. The lowest BCUT2D eigenvalue weighted by molar-refractivity contribution is -0.385. The normalized spacial score (nSPS) is 11.6. The fourth-order valence-corrected chi connectivity index (χ4v) is 2.20. The van der Waals surface area contributed by atoms with Crippen LogP contribution in [0.5, 0.6) is 11.5 Å². The number of hydrogen-bond donors (Lipinski definition) is 2. The summed E-state index contributed by atoms with van der Waals surface area (Å²) in [6.07, 6.45) is 0. The van der Waals surface area contributed by atoms with Crippen molar-refractivity contribution < 1.29 is 19.6 Å². The highest BCUT2D eigenvalue weighted by Crippen LogP contribution is 2.26. The predicted octanol–water partition coefficient (Wildman–Crippen LogP) is 3.19. The van der Waals surface area contributed by atoms with Crippen molar-refractivity contribution in [3.63, 3.8) is 0 Å². The van der Waals surface area contributed by atoms with Gasteiger partial charge in [0, 0.05) is 11.6 Å². The van der Waals surface area contributed by atoms with Crippen molar-refractivity contribution in [1.82, 2.24) is 5.32 Å². The number of carbonyl (C=O) groups excluding carboxylic acids is 1. The van der Waals surface area contributed by atoms with Gasteiger partial charge in [-0.1, -0.05) is 12.1 Å². The van der Waals surface area contributed by atoms with E-state index >= 15 is 0 Å². The van der Waals surface area contributed by atoms with Crippen LogP contribution >= 0.6 is 0 Å². The minimum Gasteiger partial charge on any atom is -0.502 e. The molecular weight excluding hydrogens is 312 g/mol. The Balaban J connectivity index is 2.08. The van der Waals surface area contributed by atoms with Crippen LogP contribution in [0.3, 0.4) is 0 Å². The highest BCUT2D eigenvalue weighted by molar-refractivity contribution is 5.95. The van der Waals surface area contributed by atoms with E-state index in [1.807, 2.05) is 38.1 Å². The third-order valence-electron chi connectivity index (χ3n) is 3.47. The Kier molecular flexibility index (Phi) is 5.36. The number of nitro groups is 1. The van der Waals surface area contributed by atoms with E-state index in [1.165, 1.54) is 6.07 Å². The molecule has 7 heteroatoms. The third-order valence-corrected chi connectivity index (χ3v) is 3.47. The summed E-state index contributed by atoms with van der Waals surface area (Å²) in [6, 6.07) is 10.6. The number of aromatic hydroxyl groups is 1. The largest absolute Gasteiger partial charge is 0.502 e. The SMILES string of the molecule is CCOc1ccc([C@@H](C)NC(=O)c2ccc([N+](=O)[O-])c(O)c2)cc1. The van der Waals surface area contributed by atoms with Gasteiger partial charge in [-0.25, -0.2) is 0 Å². The first-order valence-corrected chi connectivity index (χ1v) is 7.43. The summed E-state index contributed by atoms with van der Waals surface area (Å²) in [5.74, 6) is -0.219. The first kappa shape index (κ1) is 17.3. The Labute approximate surface area is 139 Å². The van der Waals surface area contributed by atoms with Crippen LogP contribution in [0.15, 0.2) is 42.5 Å². The van der Waals surface area contributed by atoms with Crippen molar-refractivity contribution in [2.24, 2.45) is 0 Å². The number of amides is 1. The number of carbonyl (C=O) groups is 1. The van der Waals surface area contributed by atoms with E-state index in [1.54, 1.807) is 0 Å². The van der Waals surface area contributed by atoms with Gasteiger partial charge in [0.05, 0.1) is 17.6 Å². The minimum absolute atomic E-state index is 0.149. The topological polar surface area (TPSA) is 102 Å². The maximum Gasteiger partial charge on any atom is 0.310 e. The number of nitrogens with zero attached hydrogens (tertiary/aromatic N) is 1. The quantitative estimate of drug-likeness (QED) is 0.625. The number of benzene rings is 2. The molecule has 0 fully saturated rings. The van der Waals surface area contributed by atoms with Gasteiger partial charge in [0.25, 0.3) is 5.91 Å². The summed E-state index contributed by atoms with van der Waals surface area (Å²) in [5, 5.41) is 23.1. The molecule has 0 heterocycles. The maximum absolute atomic E-state index is 12.2. The highest BCUT2D eigenvalue weighted by Gasteiger charge is 2.17. The molecule has 2 rings (SSSR count). The van der Waals surface area contributed by atoms with Gasteiger partial charge in [0.1, 0.15) is 5.75 Å². The highest BCUT2D eigenvalue weighted by atomic mass is 16.6. The Morgan fingerprint density at radius 2 is 1.96 bits per heavy atom.